The molecule has 1 aliphatic heterocycles. The summed E-state index contributed by atoms with van der Waals surface area (Å²) in [4.78, 5) is 14.6. The van der Waals surface area contributed by atoms with Gasteiger partial charge in [-0.1, -0.05) is 24.3 Å². The second-order valence-electron chi connectivity index (χ2n) is 7.25. The van der Waals surface area contributed by atoms with E-state index in [2.05, 4.69) is 5.32 Å². The Hall–Kier alpha value is -2.58. The molecule has 0 aliphatic carbocycles. The summed E-state index contributed by atoms with van der Waals surface area (Å²) in [6.07, 6.45) is 2.94. The van der Waals surface area contributed by atoms with Crippen molar-refractivity contribution in [3.63, 3.8) is 0 Å². The number of rotatable bonds is 7. The lowest BCUT2D eigenvalue weighted by molar-refractivity contribution is 0.0819. The van der Waals surface area contributed by atoms with Crippen LogP contribution in [0.25, 0.3) is 0 Å². The van der Waals surface area contributed by atoms with Gasteiger partial charge in [0.25, 0.3) is 0 Å². The Morgan fingerprint density at radius 2 is 2.00 bits per heavy atom. The standard InChI is InChI=1S/C21H26N2O5S/c1-16-5-3-6-18(13-16)22-21(24)23(15-20-7-4-12-27-20)14-17-8-10-19(11-9-17)28-29(2,25)26/h3,5-6,8-11,13,20H,4,7,12,14-15H2,1-2H3,(H,22,24)/t20-/m1/s1. The van der Waals surface area contributed by atoms with E-state index in [4.69, 9.17) is 8.92 Å². The van der Waals surface area contributed by atoms with Crippen molar-refractivity contribution >= 4 is 21.8 Å². The lowest BCUT2D eigenvalue weighted by atomic mass is 10.2. The predicted molar refractivity (Wildman–Crippen MR) is 111 cm³/mol. The summed E-state index contributed by atoms with van der Waals surface area (Å²) in [5.74, 6) is 0.242. The lowest BCUT2D eigenvalue weighted by Gasteiger charge is -2.26. The van der Waals surface area contributed by atoms with E-state index in [1.807, 2.05) is 31.2 Å². The van der Waals surface area contributed by atoms with Gasteiger partial charge in [-0.15, -0.1) is 0 Å². The summed E-state index contributed by atoms with van der Waals surface area (Å²) >= 11 is 0. The van der Waals surface area contributed by atoms with Gasteiger partial charge in [-0.05, 0) is 55.2 Å². The SMILES string of the molecule is Cc1cccc(NC(=O)N(Cc2ccc(OS(C)(=O)=O)cc2)C[C@H]2CCCO2)c1. The summed E-state index contributed by atoms with van der Waals surface area (Å²) in [7, 11) is -3.57. The highest BCUT2D eigenvalue weighted by molar-refractivity contribution is 7.86. The number of benzene rings is 2. The summed E-state index contributed by atoms with van der Waals surface area (Å²) < 4.78 is 33.1. The van der Waals surface area contributed by atoms with Crippen LogP contribution in [0.4, 0.5) is 10.5 Å². The minimum Gasteiger partial charge on any atom is -0.383 e. The van der Waals surface area contributed by atoms with Crippen molar-refractivity contribution in [2.75, 3.05) is 24.7 Å². The smallest absolute Gasteiger partial charge is 0.322 e. The van der Waals surface area contributed by atoms with Gasteiger partial charge in [0, 0.05) is 25.4 Å². The number of aryl methyl sites for hydroxylation is 1. The molecule has 1 saturated heterocycles. The van der Waals surface area contributed by atoms with E-state index < -0.39 is 10.1 Å². The minimum absolute atomic E-state index is 0.0195. The quantitative estimate of drug-likeness (QED) is 0.695. The molecule has 0 aromatic heterocycles. The van der Waals surface area contributed by atoms with E-state index in [1.54, 1.807) is 29.2 Å². The molecule has 0 unspecified atom stereocenters. The molecule has 1 fully saturated rings. The van der Waals surface area contributed by atoms with Crippen LogP contribution in [0.3, 0.4) is 0 Å². The third kappa shape index (κ3) is 6.76. The molecular formula is C21H26N2O5S. The van der Waals surface area contributed by atoms with Crippen molar-refractivity contribution in [2.24, 2.45) is 0 Å². The fraction of sp³-hybridized carbons (Fsp3) is 0.381. The highest BCUT2D eigenvalue weighted by Gasteiger charge is 2.23. The first-order valence-electron chi connectivity index (χ1n) is 9.51. The van der Waals surface area contributed by atoms with Gasteiger partial charge in [-0.3, -0.25) is 0 Å². The zero-order valence-electron chi connectivity index (χ0n) is 16.6. The van der Waals surface area contributed by atoms with E-state index >= 15 is 0 Å². The molecule has 8 heteroatoms. The van der Waals surface area contributed by atoms with Gasteiger partial charge >= 0.3 is 16.1 Å². The molecule has 1 heterocycles. The molecule has 2 aromatic carbocycles. The van der Waals surface area contributed by atoms with Gasteiger partial charge in [0.05, 0.1) is 12.4 Å². The van der Waals surface area contributed by atoms with Crippen molar-refractivity contribution in [1.29, 1.82) is 0 Å². The number of ether oxygens (including phenoxy) is 1. The number of nitrogens with zero attached hydrogens (tertiary/aromatic N) is 1. The second-order valence-corrected chi connectivity index (χ2v) is 8.82. The zero-order valence-corrected chi connectivity index (χ0v) is 17.4. The third-order valence-electron chi connectivity index (χ3n) is 4.55. The van der Waals surface area contributed by atoms with Crippen LogP contribution >= 0.6 is 0 Å². The molecule has 0 bridgehead atoms. The lowest BCUT2D eigenvalue weighted by Crippen LogP contribution is -2.39. The van der Waals surface area contributed by atoms with Crippen LogP contribution < -0.4 is 9.50 Å². The first-order chi connectivity index (χ1) is 13.8. The fourth-order valence-electron chi connectivity index (χ4n) is 3.22. The Kier molecular flexibility index (Phi) is 6.76. The van der Waals surface area contributed by atoms with Crippen molar-refractivity contribution in [2.45, 2.75) is 32.4 Å². The van der Waals surface area contributed by atoms with Crippen molar-refractivity contribution in [1.82, 2.24) is 4.90 Å². The molecule has 0 spiro atoms. The molecule has 1 atom stereocenters. The van der Waals surface area contributed by atoms with Crippen LogP contribution in [-0.2, 0) is 21.4 Å². The van der Waals surface area contributed by atoms with Gasteiger partial charge in [0.15, 0.2) is 0 Å². The molecule has 0 saturated carbocycles. The van der Waals surface area contributed by atoms with Crippen LogP contribution in [0, 0.1) is 6.92 Å². The number of carbonyl (C=O) groups is 1. The van der Waals surface area contributed by atoms with Gasteiger partial charge in [0.1, 0.15) is 5.75 Å². The average Bonchev–Trinajstić information content (AvgIpc) is 3.14. The molecule has 1 N–H and O–H groups in total. The normalized spacial score (nSPS) is 16.4. The van der Waals surface area contributed by atoms with E-state index in [0.717, 1.165) is 42.5 Å². The Balaban J connectivity index is 1.71. The molecule has 7 nitrogen and oxygen atoms in total. The number of amides is 2. The Morgan fingerprint density at radius 1 is 1.24 bits per heavy atom. The Bertz CT molecular complexity index is 938. The first-order valence-corrected chi connectivity index (χ1v) is 11.3. The van der Waals surface area contributed by atoms with Crippen LogP contribution in [-0.4, -0.2) is 44.9 Å². The third-order valence-corrected chi connectivity index (χ3v) is 5.04. The molecule has 3 rings (SSSR count). The number of hydrogen-bond donors (Lipinski definition) is 1. The topological polar surface area (TPSA) is 84.9 Å². The van der Waals surface area contributed by atoms with E-state index in [9.17, 15) is 13.2 Å². The molecule has 156 valence electrons. The second kappa shape index (κ2) is 9.28. The molecule has 2 amide bonds. The Morgan fingerprint density at radius 3 is 2.62 bits per heavy atom. The number of nitrogens with one attached hydrogen (secondary N) is 1. The summed E-state index contributed by atoms with van der Waals surface area (Å²) in [5, 5.41) is 2.95. The number of carbonyl (C=O) groups excluding carboxylic acids is 1. The van der Waals surface area contributed by atoms with E-state index in [-0.39, 0.29) is 17.9 Å². The van der Waals surface area contributed by atoms with E-state index in [0.29, 0.717) is 13.1 Å². The van der Waals surface area contributed by atoms with Gasteiger partial charge in [-0.2, -0.15) is 8.42 Å². The first kappa shape index (κ1) is 21.1. The van der Waals surface area contributed by atoms with Crippen LogP contribution in [0.1, 0.15) is 24.0 Å². The highest BCUT2D eigenvalue weighted by Crippen LogP contribution is 2.19. The average molecular weight is 419 g/mol. The van der Waals surface area contributed by atoms with Crippen molar-refractivity contribution < 1.29 is 22.1 Å². The molecule has 2 aromatic rings. The van der Waals surface area contributed by atoms with Crippen molar-refractivity contribution in [3.8, 4) is 5.75 Å². The number of anilines is 1. The predicted octanol–water partition coefficient (Wildman–Crippen LogP) is 3.55. The molecule has 0 radical (unpaired) electrons. The van der Waals surface area contributed by atoms with Crippen LogP contribution in [0.5, 0.6) is 5.75 Å². The van der Waals surface area contributed by atoms with Gasteiger partial charge < -0.3 is 19.1 Å². The maximum Gasteiger partial charge on any atom is 0.322 e. The largest absolute Gasteiger partial charge is 0.383 e. The molecular weight excluding hydrogens is 392 g/mol. The Labute approximate surface area is 171 Å². The van der Waals surface area contributed by atoms with Crippen LogP contribution in [0.15, 0.2) is 48.5 Å². The fourth-order valence-corrected chi connectivity index (χ4v) is 3.69. The number of urea groups is 1. The van der Waals surface area contributed by atoms with Crippen LogP contribution in [0.2, 0.25) is 0 Å². The summed E-state index contributed by atoms with van der Waals surface area (Å²) in [6.45, 7) is 3.55. The number of hydrogen-bond acceptors (Lipinski definition) is 5. The summed E-state index contributed by atoms with van der Waals surface area (Å²) in [6, 6.07) is 14.1. The molecule has 1 aliphatic rings. The maximum atomic E-state index is 12.9. The maximum absolute atomic E-state index is 12.9. The van der Waals surface area contributed by atoms with E-state index in [1.165, 1.54) is 0 Å². The monoisotopic (exact) mass is 418 g/mol. The van der Waals surface area contributed by atoms with Gasteiger partial charge in [0.2, 0.25) is 0 Å². The minimum atomic E-state index is -3.57. The van der Waals surface area contributed by atoms with Gasteiger partial charge in [-0.25, -0.2) is 4.79 Å². The molecule has 29 heavy (non-hydrogen) atoms. The summed E-state index contributed by atoms with van der Waals surface area (Å²) in [5.41, 5.74) is 2.67. The van der Waals surface area contributed by atoms with Crippen molar-refractivity contribution in [3.05, 3.63) is 59.7 Å². The zero-order chi connectivity index (χ0) is 20.9. The highest BCUT2D eigenvalue weighted by atomic mass is 32.2.